The molecule has 0 aromatic carbocycles. The van der Waals surface area contributed by atoms with Gasteiger partial charge in [-0.25, -0.2) is 0 Å². The summed E-state index contributed by atoms with van der Waals surface area (Å²) in [6, 6.07) is 0. The van der Waals surface area contributed by atoms with Crippen LogP contribution in [-0.4, -0.2) is 45.2 Å². The number of hydrogen-bond acceptors (Lipinski definition) is 5. The molecule has 110 valence electrons. The van der Waals surface area contributed by atoms with Gasteiger partial charge in [-0.05, 0) is 5.53 Å². The van der Waals surface area contributed by atoms with Crippen molar-refractivity contribution in [3.8, 4) is 0 Å². The fraction of sp³-hybridized carbons (Fsp3) is 0.714. The third kappa shape index (κ3) is 53.8. The molecule has 20 heavy (non-hydrogen) atoms. The first-order valence-electron chi connectivity index (χ1n) is 4.70. The molecule has 0 spiro atoms. The largest absolute Gasteiger partial charge is 1.00 e. The number of hydrogen-bond donors (Lipinski definition) is 0. The Labute approximate surface area is 146 Å². The summed E-state index contributed by atoms with van der Waals surface area (Å²) >= 11 is 2.90. The Hall–Kier alpha value is -1.03. The molecule has 0 heterocycles. The van der Waals surface area contributed by atoms with Crippen molar-refractivity contribution in [1.82, 2.24) is 0 Å². The van der Waals surface area contributed by atoms with Gasteiger partial charge in [-0.2, -0.15) is 0 Å². The van der Waals surface area contributed by atoms with Gasteiger partial charge in [0, 0.05) is 4.91 Å². The Morgan fingerprint density at radius 2 is 1.65 bits per heavy atom. The van der Waals surface area contributed by atoms with Crippen molar-refractivity contribution >= 4 is 27.9 Å². The predicted octanol–water partition coefficient (Wildman–Crippen LogP) is -0.520. The molecule has 0 atom stereocenters. The molecule has 0 aliphatic rings. The first-order chi connectivity index (χ1) is 9.44. The van der Waals surface area contributed by atoms with E-state index in [1.807, 2.05) is 0 Å². The molecule has 0 aliphatic carbocycles. The number of methoxy groups -OCH3 is 2. The molecule has 0 unspecified atom stereocenters. The van der Waals surface area contributed by atoms with Crippen LogP contribution in [0.25, 0.3) is 26.4 Å². The predicted molar refractivity (Wildman–Crippen MR) is 68.9 cm³/mol. The van der Waals surface area contributed by atoms with Crippen LogP contribution >= 0.6 is 15.9 Å². The normalized spacial score (nSPS) is 6.50. The third-order valence-electron chi connectivity index (χ3n) is 0.828. The minimum absolute atomic E-state index is 0. The Kier molecular flexibility index (Phi) is 49.4. The first kappa shape index (κ1) is 27.3. The molecule has 0 aromatic rings. The monoisotopic (exact) mass is 367 g/mol. The van der Waals surface area contributed by atoms with Crippen molar-refractivity contribution in [2.75, 3.05) is 33.2 Å². The summed E-state index contributed by atoms with van der Waals surface area (Å²) in [5, 5.41) is 3.23. The van der Waals surface area contributed by atoms with E-state index in [0.29, 0.717) is 0 Å². The first-order valence-corrected chi connectivity index (χ1v) is 5.11. The van der Waals surface area contributed by atoms with Crippen molar-refractivity contribution in [2.24, 2.45) is 5.11 Å². The van der Waals surface area contributed by atoms with Crippen LogP contribution < -0.4 is 29.6 Å². The van der Waals surface area contributed by atoms with Crippen LogP contribution in [0.3, 0.4) is 0 Å². The minimum atomic E-state index is -1.00. The molecule has 0 fully saturated rings. The molecular formula is C7H13BrFN6NaO4. The quantitative estimate of drug-likeness (QED) is 0.164. The second-order valence-corrected chi connectivity index (χ2v) is 2.33. The van der Waals surface area contributed by atoms with Crippen molar-refractivity contribution < 1.29 is 54.4 Å². The maximum absolute atomic E-state index is 10.1. The van der Waals surface area contributed by atoms with Gasteiger partial charge in [0.2, 0.25) is 0 Å². The van der Waals surface area contributed by atoms with E-state index in [0.717, 1.165) is 0 Å². The van der Waals surface area contributed by atoms with Crippen LogP contribution in [0, 0.1) is 0 Å². The molecule has 0 bridgehead atoms. The summed E-state index contributed by atoms with van der Waals surface area (Å²) in [7, 11) is 1.58. The average molecular weight is 368 g/mol. The van der Waals surface area contributed by atoms with E-state index >= 15 is 0 Å². The number of esters is 2. The molecular weight excluding hydrogens is 354 g/mol. The molecule has 0 amide bonds. The standard InChI is InChI=1S/C3H5BrO2.C3H5N3O2.CH3F.N3.Na/c1-6-3(5)2-4;1-8-3(7)2-5-6-4;1-2;1-3-2;/h2H2,1H3;2H2,1H3;1H3;;/q;;;-1;+1/i;;1D;;. The van der Waals surface area contributed by atoms with E-state index in [9.17, 15) is 14.0 Å². The zero-order valence-corrected chi connectivity index (χ0v) is 14.8. The molecule has 0 aromatic heterocycles. The van der Waals surface area contributed by atoms with Gasteiger partial charge in [0.05, 0.1) is 22.7 Å². The minimum Gasteiger partial charge on any atom is -0.469 e. The van der Waals surface area contributed by atoms with Crippen LogP contribution in [0.1, 0.15) is 1.37 Å². The topological polar surface area (TPSA) is 160 Å². The molecule has 13 heteroatoms. The molecule has 0 aliphatic heterocycles. The van der Waals surface area contributed by atoms with Crippen molar-refractivity contribution in [3.63, 3.8) is 0 Å². The second kappa shape index (κ2) is 36.1. The van der Waals surface area contributed by atoms with Gasteiger partial charge in [-0.1, -0.05) is 21.0 Å². The van der Waals surface area contributed by atoms with E-state index in [1.165, 1.54) is 19.1 Å². The van der Waals surface area contributed by atoms with Crippen LogP contribution in [-0.2, 0) is 19.1 Å². The van der Waals surface area contributed by atoms with E-state index in [2.05, 4.69) is 35.4 Å². The van der Waals surface area contributed by atoms with Crippen LogP contribution in [0.2, 0.25) is 0 Å². The molecule has 0 radical (unpaired) electrons. The zero-order valence-electron chi connectivity index (χ0n) is 12.2. The second-order valence-electron chi connectivity index (χ2n) is 1.76. The summed E-state index contributed by atoms with van der Waals surface area (Å²) in [6.07, 6.45) is 0. The number of ether oxygens (including phenoxy) is 2. The number of azide groups is 1. The van der Waals surface area contributed by atoms with E-state index < -0.39 is 13.1 Å². The van der Waals surface area contributed by atoms with Gasteiger partial charge in [0.25, 0.3) is 0 Å². The summed E-state index contributed by atoms with van der Waals surface area (Å²) < 4.78 is 23.9. The van der Waals surface area contributed by atoms with E-state index in [-0.39, 0.29) is 47.4 Å². The van der Waals surface area contributed by atoms with Gasteiger partial charge in [-0.15, -0.1) is 0 Å². The SMILES string of the molecule is COC(=O)CBr.COC(=O)CN=[N+]=[N-].[2H]CF.[N-]=[N+]=[N-].[Na+]. The number of halogens is 2. The smallest absolute Gasteiger partial charge is 0.469 e. The number of carbonyl (C=O) groups excluding carboxylic acids is 2. The number of rotatable bonds is 3. The summed E-state index contributed by atoms with van der Waals surface area (Å²) in [4.78, 5) is 23.8. The van der Waals surface area contributed by atoms with Crippen molar-refractivity contribution in [2.45, 2.75) is 0 Å². The van der Waals surface area contributed by atoms with Gasteiger partial charge < -0.3 is 20.5 Å². The maximum Gasteiger partial charge on any atom is 1.00 e. The summed E-state index contributed by atoms with van der Waals surface area (Å²) in [6.45, 7) is -0.229. The Balaban J connectivity index is -0.0000000583. The van der Waals surface area contributed by atoms with Gasteiger partial charge >= 0.3 is 41.5 Å². The van der Waals surface area contributed by atoms with E-state index in [4.69, 9.17) is 18.0 Å². The molecule has 0 saturated heterocycles. The fourth-order valence-corrected chi connectivity index (χ4v) is 0.437. The van der Waals surface area contributed by atoms with Crippen molar-refractivity contribution in [3.05, 3.63) is 26.4 Å². The zero-order chi connectivity index (χ0) is 16.8. The number of alkyl halides is 2. The summed E-state index contributed by atoms with van der Waals surface area (Å²) in [5.74, 6) is -0.766. The molecule has 10 nitrogen and oxygen atoms in total. The van der Waals surface area contributed by atoms with Crippen LogP contribution in [0.5, 0.6) is 0 Å². The third-order valence-corrected chi connectivity index (χ3v) is 1.29. The Morgan fingerprint density at radius 3 is 1.80 bits per heavy atom. The van der Waals surface area contributed by atoms with Crippen molar-refractivity contribution in [1.29, 1.82) is 0 Å². The van der Waals surface area contributed by atoms with Gasteiger partial charge in [0.15, 0.2) is 0 Å². The maximum atomic E-state index is 10.1. The fourth-order valence-electron chi connectivity index (χ4n) is 0.208. The Bertz CT molecular complexity index is 322. The van der Waals surface area contributed by atoms with Crippen LogP contribution in [0.4, 0.5) is 4.39 Å². The summed E-state index contributed by atoms with van der Waals surface area (Å²) in [5.41, 5.74) is 21.2. The Morgan fingerprint density at radius 1 is 1.30 bits per heavy atom. The molecule has 0 saturated carbocycles. The van der Waals surface area contributed by atoms with E-state index in [1.54, 1.807) is 0 Å². The van der Waals surface area contributed by atoms with Gasteiger partial charge in [0.1, 0.15) is 11.9 Å². The number of carbonyl (C=O) groups is 2. The number of nitrogens with zero attached hydrogens (tertiary/aromatic N) is 6. The molecule has 0 N–H and O–H groups in total. The van der Waals surface area contributed by atoms with Crippen LogP contribution in [0.15, 0.2) is 5.11 Å². The van der Waals surface area contributed by atoms with Gasteiger partial charge in [-0.3, -0.25) is 18.9 Å². The molecule has 0 rings (SSSR count). The average Bonchev–Trinajstić information content (AvgIpc) is 2.46.